The van der Waals surface area contributed by atoms with Gasteiger partial charge in [0.05, 0.1) is 17.6 Å². The molecule has 0 saturated heterocycles. The van der Waals surface area contributed by atoms with Crippen molar-refractivity contribution in [3.05, 3.63) is 42.6 Å². The van der Waals surface area contributed by atoms with Crippen molar-refractivity contribution in [3.8, 4) is 0 Å². The number of allylic oxidation sites excluding steroid dienone is 4. The molecule has 1 aliphatic rings. The van der Waals surface area contributed by atoms with E-state index in [1.54, 1.807) is 24.3 Å². The first-order chi connectivity index (χ1) is 10.5. The molecule has 0 spiro atoms. The molecule has 22 heavy (non-hydrogen) atoms. The molecule has 4 N–H and O–H groups in total. The Hall–Kier alpha value is -2.23. The maximum Gasteiger partial charge on any atom is 0.283 e. The molecule has 2 heterocycles. The summed E-state index contributed by atoms with van der Waals surface area (Å²) in [5.74, 6) is 0.414. The molecule has 9 heteroatoms. The van der Waals surface area contributed by atoms with Crippen molar-refractivity contribution in [1.29, 1.82) is 0 Å². The van der Waals surface area contributed by atoms with Gasteiger partial charge in [-0.15, -0.1) is 5.14 Å². The predicted octanol–water partition coefficient (Wildman–Crippen LogP) is 0.461. The quantitative estimate of drug-likeness (QED) is 0.599. The van der Waals surface area contributed by atoms with E-state index in [9.17, 15) is 4.55 Å². The van der Waals surface area contributed by atoms with Gasteiger partial charge in [-0.05, 0) is 18.2 Å². The van der Waals surface area contributed by atoms with Crippen LogP contribution in [-0.4, -0.2) is 32.9 Å². The van der Waals surface area contributed by atoms with Crippen molar-refractivity contribution >= 4 is 23.1 Å². The van der Waals surface area contributed by atoms with Crippen LogP contribution in [0.2, 0.25) is 0 Å². The summed E-state index contributed by atoms with van der Waals surface area (Å²) < 4.78 is 18.7. The molecule has 2 atom stereocenters. The van der Waals surface area contributed by atoms with Crippen LogP contribution in [0.15, 0.2) is 47.3 Å². The lowest BCUT2D eigenvalue weighted by atomic mass is 10.3. The monoisotopic (exact) mass is 323 g/mol. The molecular formula is C13H17N5O3S. The molecule has 1 aromatic heterocycles. The van der Waals surface area contributed by atoms with E-state index < -0.39 is 11.4 Å². The van der Waals surface area contributed by atoms with Gasteiger partial charge in [0.1, 0.15) is 17.5 Å². The second-order valence-electron chi connectivity index (χ2n) is 4.41. The van der Waals surface area contributed by atoms with Gasteiger partial charge >= 0.3 is 0 Å². The third kappa shape index (κ3) is 3.50. The molecule has 1 aliphatic heterocycles. The second kappa shape index (κ2) is 7.16. The number of ether oxygens (including phenoxy) is 1. The van der Waals surface area contributed by atoms with Gasteiger partial charge in [-0.3, -0.25) is 0 Å². The highest BCUT2D eigenvalue weighted by Gasteiger charge is 2.29. The highest BCUT2D eigenvalue weighted by Crippen LogP contribution is 2.20. The summed E-state index contributed by atoms with van der Waals surface area (Å²) >= 11 is -1.84. The Morgan fingerprint density at radius 2 is 2.36 bits per heavy atom. The van der Waals surface area contributed by atoms with E-state index in [0.29, 0.717) is 12.2 Å². The SMILES string of the molecule is C=C/C=C\C=C(/N)n1ncc(C2=NOCC(C)O2)c1[S+](N)[O-]. The fraction of sp³-hybridized carbons (Fsp3) is 0.231. The van der Waals surface area contributed by atoms with E-state index >= 15 is 0 Å². The van der Waals surface area contributed by atoms with Gasteiger partial charge in [0, 0.05) is 0 Å². The molecule has 2 unspecified atom stereocenters. The lowest BCUT2D eigenvalue weighted by molar-refractivity contribution is 0.0194. The van der Waals surface area contributed by atoms with E-state index in [1.165, 1.54) is 10.9 Å². The van der Waals surface area contributed by atoms with Gasteiger partial charge in [-0.2, -0.15) is 9.78 Å². The van der Waals surface area contributed by atoms with Crippen LogP contribution >= 0.6 is 0 Å². The highest BCUT2D eigenvalue weighted by atomic mass is 32.2. The van der Waals surface area contributed by atoms with Gasteiger partial charge in [0.2, 0.25) is 0 Å². The molecule has 0 bridgehead atoms. The van der Waals surface area contributed by atoms with Crippen LogP contribution in [0.4, 0.5) is 0 Å². The zero-order valence-corrected chi connectivity index (χ0v) is 12.8. The number of oxime groups is 1. The minimum absolute atomic E-state index is 0.174. The van der Waals surface area contributed by atoms with Crippen molar-refractivity contribution in [3.63, 3.8) is 0 Å². The third-order valence-electron chi connectivity index (χ3n) is 2.67. The van der Waals surface area contributed by atoms with Gasteiger partial charge < -0.3 is 19.9 Å². The maximum atomic E-state index is 11.9. The van der Waals surface area contributed by atoms with Crippen molar-refractivity contribution < 1.29 is 14.1 Å². The van der Waals surface area contributed by atoms with Gasteiger partial charge in [-0.1, -0.05) is 24.8 Å². The molecule has 118 valence electrons. The van der Waals surface area contributed by atoms with Crippen molar-refractivity contribution in [1.82, 2.24) is 9.78 Å². The largest absolute Gasteiger partial charge is 0.592 e. The van der Waals surface area contributed by atoms with Crippen LogP contribution in [0.5, 0.6) is 0 Å². The van der Waals surface area contributed by atoms with E-state index in [1.807, 2.05) is 6.92 Å². The molecule has 0 radical (unpaired) electrons. The predicted molar refractivity (Wildman–Crippen MR) is 83.7 cm³/mol. The Morgan fingerprint density at radius 3 is 3.00 bits per heavy atom. The first kappa shape index (κ1) is 16.1. The van der Waals surface area contributed by atoms with E-state index in [-0.39, 0.29) is 22.8 Å². The zero-order valence-electron chi connectivity index (χ0n) is 12.0. The summed E-state index contributed by atoms with van der Waals surface area (Å²) in [5.41, 5.74) is 6.29. The Labute approximate surface area is 131 Å². The minimum Gasteiger partial charge on any atom is -0.592 e. The first-order valence-corrected chi connectivity index (χ1v) is 7.62. The number of hydrogen-bond donors (Lipinski definition) is 2. The molecule has 0 amide bonds. The molecular weight excluding hydrogens is 306 g/mol. The zero-order chi connectivity index (χ0) is 16.1. The lowest BCUT2D eigenvalue weighted by Gasteiger charge is -2.19. The van der Waals surface area contributed by atoms with E-state index in [2.05, 4.69) is 16.8 Å². The van der Waals surface area contributed by atoms with Crippen LogP contribution in [-0.2, 0) is 20.9 Å². The maximum absolute atomic E-state index is 11.9. The van der Waals surface area contributed by atoms with Gasteiger partial charge in [-0.25, -0.2) is 0 Å². The summed E-state index contributed by atoms with van der Waals surface area (Å²) in [6.45, 7) is 5.72. The lowest BCUT2D eigenvalue weighted by Crippen LogP contribution is -2.28. The van der Waals surface area contributed by atoms with Gasteiger partial charge in [0.25, 0.3) is 10.9 Å². The summed E-state index contributed by atoms with van der Waals surface area (Å²) in [7, 11) is 0. The van der Waals surface area contributed by atoms with Crippen LogP contribution < -0.4 is 10.9 Å². The number of aromatic nitrogens is 2. The fourth-order valence-electron chi connectivity index (χ4n) is 1.72. The number of nitrogens with zero attached hydrogens (tertiary/aromatic N) is 3. The average molecular weight is 323 g/mol. The topological polar surface area (TPSA) is 124 Å². The molecule has 0 aliphatic carbocycles. The van der Waals surface area contributed by atoms with Crippen molar-refractivity contribution in [2.75, 3.05) is 6.61 Å². The smallest absolute Gasteiger partial charge is 0.283 e. The van der Waals surface area contributed by atoms with Crippen LogP contribution in [0.25, 0.3) is 5.82 Å². The van der Waals surface area contributed by atoms with Crippen molar-refractivity contribution in [2.24, 2.45) is 16.0 Å². The minimum atomic E-state index is -1.84. The summed E-state index contributed by atoms with van der Waals surface area (Å²) in [4.78, 5) is 5.05. The second-order valence-corrected chi connectivity index (χ2v) is 5.39. The number of hydrogen-bond acceptors (Lipinski definition) is 7. The highest BCUT2D eigenvalue weighted by molar-refractivity contribution is 7.89. The van der Waals surface area contributed by atoms with Gasteiger partial charge in [0.15, 0.2) is 6.61 Å². The summed E-state index contributed by atoms with van der Waals surface area (Å²) in [6, 6.07) is 0. The molecule has 0 aromatic carbocycles. The summed E-state index contributed by atoms with van der Waals surface area (Å²) in [5, 5.41) is 13.6. The molecule has 0 saturated carbocycles. The number of nitrogens with two attached hydrogens (primary N) is 2. The third-order valence-corrected chi connectivity index (χ3v) is 3.45. The molecule has 2 rings (SSSR count). The van der Waals surface area contributed by atoms with Crippen LogP contribution in [0.3, 0.4) is 0 Å². The molecule has 1 aromatic rings. The molecule has 0 fully saturated rings. The Kier molecular flexibility index (Phi) is 5.26. The fourth-order valence-corrected chi connectivity index (χ4v) is 2.40. The molecule has 8 nitrogen and oxygen atoms in total. The Bertz CT molecular complexity index is 636. The average Bonchev–Trinajstić information content (AvgIpc) is 2.92. The van der Waals surface area contributed by atoms with Crippen molar-refractivity contribution in [2.45, 2.75) is 18.1 Å². The summed E-state index contributed by atoms with van der Waals surface area (Å²) in [6.07, 6.45) is 7.80. The van der Waals surface area contributed by atoms with E-state index in [0.717, 1.165) is 0 Å². The van der Waals surface area contributed by atoms with Crippen LogP contribution in [0, 0.1) is 0 Å². The Balaban J connectivity index is 2.41. The van der Waals surface area contributed by atoms with Crippen LogP contribution in [0.1, 0.15) is 12.5 Å². The standard InChI is InChI=1S/C13H17N5O3S/c1-3-4-5-6-11(14)18-13(22(15)19)10(7-16-18)12-17-20-8-9(2)21-12/h3-7,9H,1,8,14-15H2,2H3/b5-4-,11-6+. The Morgan fingerprint density at radius 1 is 1.59 bits per heavy atom. The normalized spacial score (nSPS) is 20.2. The number of rotatable bonds is 5. The van der Waals surface area contributed by atoms with E-state index in [4.69, 9.17) is 20.4 Å². The first-order valence-electron chi connectivity index (χ1n) is 6.41.